The van der Waals surface area contributed by atoms with Gasteiger partial charge in [-0.2, -0.15) is 0 Å². The summed E-state index contributed by atoms with van der Waals surface area (Å²) in [5.74, 6) is 0.816. The minimum absolute atomic E-state index is 0.808. The summed E-state index contributed by atoms with van der Waals surface area (Å²) in [6, 6.07) is 0. The van der Waals surface area contributed by atoms with Crippen molar-refractivity contribution in [3.63, 3.8) is 0 Å². The highest BCUT2D eigenvalue weighted by Gasteiger charge is 2.03. The zero-order valence-corrected chi connectivity index (χ0v) is 10.9. The summed E-state index contributed by atoms with van der Waals surface area (Å²) >= 11 is 0. The standard InChI is InChI=1S/C12H28N2O/c1-5-12(2)11-14(3)9-6-7-13-8-10-15-4/h12-13H,5-11H2,1-4H3. The maximum atomic E-state index is 4.96. The highest BCUT2D eigenvalue weighted by Crippen LogP contribution is 2.02. The summed E-state index contributed by atoms with van der Waals surface area (Å²) in [5, 5.41) is 3.36. The summed E-state index contributed by atoms with van der Waals surface area (Å²) in [6.07, 6.45) is 2.49. The number of rotatable bonds is 10. The molecule has 0 aliphatic rings. The Labute approximate surface area is 95.2 Å². The van der Waals surface area contributed by atoms with E-state index in [0.29, 0.717) is 0 Å². The van der Waals surface area contributed by atoms with Crippen molar-refractivity contribution in [3.05, 3.63) is 0 Å². The third-order valence-electron chi connectivity index (χ3n) is 2.70. The van der Waals surface area contributed by atoms with Gasteiger partial charge in [0.25, 0.3) is 0 Å². The summed E-state index contributed by atoms with van der Waals surface area (Å²) < 4.78 is 4.96. The zero-order chi connectivity index (χ0) is 11.5. The molecule has 0 aromatic heterocycles. The molecule has 0 amide bonds. The minimum atomic E-state index is 0.808. The van der Waals surface area contributed by atoms with Gasteiger partial charge < -0.3 is 15.0 Å². The van der Waals surface area contributed by atoms with E-state index < -0.39 is 0 Å². The smallest absolute Gasteiger partial charge is 0.0587 e. The first-order valence-corrected chi connectivity index (χ1v) is 6.08. The molecule has 0 heterocycles. The number of methoxy groups -OCH3 is 1. The lowest BCUT2D eigenvalue weighted by molar-refractivity contribution is 0.198. The van der Waals surface area contributed by atoms with Crippen LogP contribution in [0.5, 0.6) is 0 Å². The molecule has 0 rings (SSSR count). The van der Waals surface area contributed by atoms with Crippen LogP contribution in [0.15, 0.2) is 0 Å². The van der Waals surface area contributed by atoms with E-state index in [1.165, 1.54) is 25.9 Å². The molecule has 0 saturated heterocycles. The van der Waals surface area contributed by atoms with Gasteiger partial charge in [-0.3, -0.25) is 0 Å². The summed E-state index contributed by atoms with van der Waals surface area (Å²) in [7, 11) is 3.95. The quantitative estimate of drug-likeness (QED) is 0.561. The topological polar surface area (TPSA) is 24.5 Å². The Morgan fingerprint density at radius 1 is 1.33 bits per heavy atom. The van der Waals surface area contributed by atoms with Gasteiger partial charge >= 0.3 is 0 Å². The average molecular weight is 216 g/mol. The Balaban J connectivity index is 3.20. The van der Waals surface area contributed by atoms with Crippen LogP contribution < -0.4 is 5.32 Å². The van der Waals surface area contributed by atoms with Crippen LogP contribution >= 0.6 is 0 Å². The Morgan fingerprint density at radius 3 is 2.67 bits per heavy atom. The first-order chi connectivity index (χ1) is 7.20. The van der Waals surface area contributed by atoms with Crippen molar-refractivity contribution >= 4 is 0 Å². The molecule has 1 unspecified atom stereocenters. The number of nitrogens with one attached hydrogen (secondary N) is 1. The molecule has 92 valence electrons. The maximum Gasteiger partial charge on any atom is 0.0587 e. The lowest BCUT2D eigenvalue weighted by Crippen LogP contribution is -2.28. The van der Waals surface area contributed by atoms with Gasteiger partial charge in [-0.1, -0.05) is 20.3 Å². The van der Waals surface area contributed by atoms with Crippen LogP contribution in [0.1, 0.15) is 26.7 Å². The molecule has 3 heteroatoms. The second kappa shape index (κ2) is 10.4. The fourth-order valence-electron chi connectivity index (χ4n) is 1.53. The first kappa shape index (κ1) is 14.9. The van der Waals surface area contributed by atoms with Gasteiger partial charge in [-0.25, -0.2) is 0 Å². The molecule has 0 aromatic carbocycles. The predicted molar refractivity (Wildman–Crippen MR) is 66.3 cm³/mol. The van der Waals surface area contributed by atoms with Crippen LogP contribution in [-0.2, 0) is 4.74 Å². The van der Waals surface area contributed by atoms with Crippen LogP contribution in [0, 0.1) is 5.92 Å². The Hall–Kier alpha value is -0.120. The molecule has 0 aromatic rings. The Bertz CT molecular complexity index is 131. The van der Waals surface area contributed by atoms with E-state index >= 15 is 0 Å². The molecule has 1 atom stereocenters. The lowest BCUT2D eigenvalue weighted by atomic mass is 10.1. The zero-order valence-electron chi connectivity index (χ0n) is 10.9. The monoisotopic (exact) mass is 216 g/mol. The van der Waals surface area contributed by atoms with Crippen molar-refractivity contribution in [2.24, 2.45) is 5.92 Å². The molecule has 1 N–H and O–H groups in total. The van der Waals surface area contributed by atoms with Gasteiger partial charge in [-0.15, -0.1) is 0 Å². The van der Waals surface area contributed by atoms with Crippen LogP contribution in [0.4, 0.5) is 0 Å². The third-order valence-corrected chi connectivity index (χ3v) is 2.70. The number of nitrogens with zero attached hydrogens (tertiary/aromatic N) is 1. The van der Waals surface area contributed by atoms with Gasteiger partial charge in [0, 0.05) is 20.2 Å². The maximum absolute atomic E-state index is 4.96. The Morgan fingerprint density at radius 2 is 2.07 bits per heavy atom. The molecule has 15 heavy (non-hydrogen) atoms. The summed E-state index contributed by atoms with van der Waals surface area (Å²) in [5.41, 5.74) is 0. The van der Waals surface area contributed by atoms with Gasteiger partial charge in [0.15, 0.2) is 0 Å². The van der Waals surface area contributed by atoms with Crippen LogP contribution in [-0.4, -0.2) is 51.8 Å². The van der Waals surface area contributed by atoms with Gasteiger partial charge in [0.05, 0.1) is 6.61 Å². The van der Waals surface area contributed by atoms with Crippen LogP contribution in [0.3, 0.4) is 0 Å². The van der Waals surface area contributed by atoms with Crippen LogP contribution in [0.25, 0.3) is 0 Å². The molecule has 0 aliphatic carbocycles. The van der Waals surface area contributed by atoms with Crippen molar-refractivity contribution in [1.82, 2.24) is 10.2 Å². The second-order valence-corrected chi connectivity index (χ2v) is 4.37. The molecule has 3 nitrogen and oxygen atoms in total. The number of hydrogen-bond acceptors (Lipinski definition) is 3. The molecule has 0 radical (unpaired) electrons. The molecule has 0 fully saturated rings. The van der Waals surface area contributed by atoms with Gasteiger partial charge in [0.1, 0.15) is 0 Å². The van der Waals surface area contributed by atoms with Crippen molar-refractivity contribution in [2.75, 3.05) is 46.9 Å². The van der Waals surface area contributed by atoms with E-state index in [4.69, 9.17) is 4.74 Å². The second-order valence-electron chi connectivity index (χ2n) is 4.37. The van der Waals surface area contributed by atoms with E-state index in [0.717, 1.165) is 25.6 Å². The Kier molecular flexibility index (Phi) is 10.3. The average Bonchev–Trinajstić information content (AvgIpc) is 2.23. The van der Waals surface area contributed by atoms with E-state index in [1.54, 1.807) is 7.11 Å². The largest absolute Gasteiger partial charge is 0.383 e. The molecule has 0 aliphatic heterocycles. The van der Waals surface area contributed by atoms with Crippen molar-refractivity contribution in [3.8, 4) is 0 Å². The first-order valence-electron chi connectivity index (χ1n) is 6.08. The van der Waals surface area contributed by atoms with Crippen molar-refractivity contribution in [1.29, 1.82) is 0 Å². The van der Waals surface area contributed by atoms with E-state index in [-0.39, 0.29) is 0 Å². The summed E-state index contributed by atoms with van der Waals surface area (Å²) in [6.45, 7) is 9.83. The number of hydrogen-bond donors (Lipinski definition) is 1. The molecular formula is C12H28N2O. The minimum Gasteiger partial charge on any atom is -0.383 e. The normalized spacial score (nSPS) is 13.4. The highest BCUT2D eigenvalue weighted by molar-refractivity contribution is 4.58. The molecule has 0 bridgehead atoms. The van der Waals surface area contributed by atoms with Gasteiger partial charge in [0.2, 0.25) is 0 Å². The van der Waals surface area contributed by atoms with Crippen molar-refractivity contribution < 1.29 is 4.74 Å². The molecule has 0 saturated carbocycles. The predicted octanol–water partition coefficient (Wildman–Crippen LogP) is 1.59. The van der Waals surface area contributed by atoms with E-state index in [9.17, 15) is 0 Å². The van der Waals surface area contributed by atoms with E-state index in [2.05, 4.69) is 31.1 Å². The fraction of sp³-hybridized carbons (Fsp3) is 1.00. The van der Waals surface area contributed by atoms with Gasteiger partial charge in [-0.05, 0) is 32.5 Å². The lowest BCUT2D eigenvalue weighted by Gasteiger charge is -2.20. The number of ether oxygens (including phenoxy) is 1. The van der Waals surface area contributed by atoms with Crippen molar-refractivity contribution in [2.45, 2.75) is 26.7 Å². The highest BCUT2D eigenvalue weighted by atomic mass is 16.5. The SMILES string of the molecule is CCC(C)CN(C)CCCNCCOC. The molecular weight excluding hydrogens is 188 g/mol. The van der Waals surface area contributed by atoms with Crippen LogP contribution in [0.2, 0.25) is 0 Å². The third kappa shape index (κ3) is 10.2. The van der Waals surface area contributed by atoms with E-state index in [1.807, 2.05) is 0 Å². The fourth-order valence-corrected chi connectivity index (χ4v) is 1.53. The molecule has 0 spiro atoms. The summed E-state index contributed by atoms with van der Waals surface area (Å²) in [4.78, 5) is 2.42.